The van der Waals surface area contributed by atoms with Gasteiger partial charge in [0.1, 0.15) is 0 Å². The summed E-state index contributed by atoms with van der Waals surface area (Å²) < 4.78 is 4.99. The minimum absolute atomic E-state index is 0.0346. The molecule has 2 aromatic carbocycles. The van der Waals surface area contributed by atoms with Gasteiger partial charge in [-0.25, -0.2) is 0 Å². The van der Waals surface area contributed by atoms with E-state index in [0.29, 0.717) is 21.9 Å². The van der Waals surface area contributed by atoms with Gasteiger partial charge in [0.2, 0.25) is 0 Å². The quantitative estimate of drug-likeness (QED) is 0.333. The fourth-order valence-corrected chi connectivity index (χ4v) is 3.49. The van der Waals surface area contributed by atoms with Gasteiger partial charge in [0.25, 0.3) is 5.69 Å². The second kappa shape index (κ2) is 7.88. The molecule has 0 spiro atoms. The van der Waals surface area contributed by atoms with Gasteiger partial charge in [0, 0.05) is 23.9 Å². The van der Waals surface area contributed by atoms with Crippen molar-refractivity contribution >= 4 is 28.8 Å². The first-order chi connectivity index (χ1) is 13.8. The number of carbonyl (C=O) groups excluding carboxylic acids is 1. The summed E-state index contributed by atoms with van der Waals surface area (Å²) in [6, 6.07) is 10.1. The maximum atomic E-state index is 13.3. The molecule has 1 aliphatic heterocycles. The van der Waals surface area contributed by atoms with Crippen molar-refractivity contribution in [2.45, 2.75) is 13.0 Å². The number of methoxy groups -OCH3 is 1. The van der Waals surface area contributed by atoms with E-state index in [-0.39, 0.29) is 28.5 Å². The summed E-state index contributed by atoms with van der Waals surface area (Å²) >= 11 is 5.34. The van der Waals surface area contributed by atoms with E-state index in [2.05, 4.69) is 5.32 Å². The molecule has 150 valence electrons. The number of ether oxygens (including phenoxy) is 1. The highest BCUT2D eigenvalue weighted by Crippen LogP contribution is 2.41. The lowest BCUT2D eigenvalue weighted by atomic mass is 9.88. The van der Waals surface area contributed by atoms with E-state index in [9.17, 15) is 20.0 Å². The lowest BCUT2D eigenvalue weighted by Gasteiger charge is -2.35. The molecule has 1 unspecified atom stereocenters. The van der Waals surface area contributed by atoms with E-state index >= 15 is 0 Å². The minimum Gasteiger partial charge on any atom is -0.504 e. The Balaban J connectivity index is 2.24. The molecule has 8 nitrogen and oxygen atoms in total. The first-order valence-electron chi connectivity index (χ1n) is 8.66. The van der Waals surface area contributed by atoms with Crippen LogP contribution < -0.4 is 10.1 Å². The number of aromatic hydroxyl groups is 1. The van der Waals surface area contributed by atoms with Crippen LogP contribution in [0.15, 0.2) is 53.7 Å². The zero-order chi connectivity index (χ0) is 21.3. The summed E-state index contributed by atoms with van der Waals surface area (Å²) in [5.74, 6) is -0.601. The van der Waals surface area contributed by atoms with Gasteiger partial charge in [-0.3, -0.25) is 14.9 Å². The second-order valence-corrected chi connectivity index (χ2v) is 6.86. The van der Waals surface area contributed by atoms with Crippen LogP contribution in [0.3, 0.4) is 0 Å². The third-order valence-electron chi connectivity index (χ3n) is 4.87. The third kappa shape index (κ3) is 3.64. The van der Waals surface area contributed by atoms with Crippen LogP contribution in [0.2, 0.25) is 0 Å². The zero-order valence-corrected chi connectivity index (χ0v) is 16.8. The number of phenolic OH excluding ortho intramolecular Hbond substituents is 1. The second-order valence-electron chi connectivity index (χ2n) is 6.48. The van der Waals surface area contributed by atoms with Crippen molar-refractivity contribution in [3.63, 3.8) is 0 Å². The number of hydrogen-bond acceptors (Lipinski definition) is 6. The fourth-order valence-electron chi connectivity index (χ4n) is 3.23. The maximum absolute atomic E-state index is 13.3. The Kier molecular flexibility index (Phi) is 5.51. The molecular formula is C20H19N3O5S. The average Bonchev–Trinajstić information content (AvgIpc) is 2.71. The Morgan fingerprint density at radius 2 is 1.97 bits per heavy atom. The number of nitro benzene ring substituents is 1. The Labute approximate surface area is 172 Å². The topological polar surface area (TPSA) is 105 Å². The van der Waals surface area contributed by atoms with Gasteiger partial charge in [-0.15, -0.1) is 0 Å². The molecule has 3 rings (SSSR count). The molecule has 1 heterocycles. The molecule has 0 saturated carbocycles. The van der Waals surface area contributed by atoms with Gasteiger partial charge < -0.3 is 20.1 Å². The lowest BCUT2D eigenvalue weighted by Crippen LogP contribution is -2.46. The van der Waals surface area contributed by atoms with Crippen LogP contribution in [-0.2, 0) is 0 Å². The monoisotopic (exact) mass is 413 g/mol. The van der Waals surface area contributed by atoms with Crippen LogP contribution in [0, 0.1) is 10.1 Å². The molecule has 0 fully saturated rings. The number of allylic oxidation sites excluding steroid dienone is 1. The zero-order valence-electron chi connectivity index (χ0n) is 16.0. The highest BCUT2D eigenvalue weighted by atomic mass is 32.1. The molecule has 0 aromatic heterocycles. The van der Waals surface area contributed by atoms with Crippen LogP contribution in [0.4, 0.5) is 5.69 Å². The van der Waals surface area contributed by atoms with Crippen molar-refractivity contribution in [3.8, 4) is 11.5 Å². The number of phenols is 1. The first kappa shape index (κ1) is 20.3. The molecule has 0 bridgehead atoms. The van der Waals surface area contributed by atoms with Gasteiger partial charge >= 0.3 is 0 Å². The van der Waals surface area contributed by atoms with E-state index in [0.717, 1.165) is 6.07 Å². The number of hydrogen-bond donors (Lipinski definition) is 2. The molecular weight excluding hydrogens is 394 g/mol. The molecule has 0 radical (unpaired) electrons. The van der Waals surface area contributed by atoms with Crippen LogP contribution in [0.1, 0.15) is 28.9 Å². The largest absolute Gasteiger partial charge is 0.504 e. The van der Waals surface area contributed by atoms with Crippen LogP contribution in [-0.4, -0.2) is 40.0 Å². The Morgan fingerprint density at radius 1 is 1.31 bits per heavy atom. The van der Waals surface area contributed by atoms with Gasteiger partial charge in [0.05, 0.1) is 29.7 Å². The summed E-state index contributed by atoms with van der Waals surface area (Å²) in [7, 11) is 3.01. The van der Waals surface area contributed by atoms with Crippen molar-refractivity contribution < 1.29 is 19.6 Å². The smallest absolute Gasteiger partial charge is 0.279 e. The molecule has 0 aliphatic carbocycles. The van der Waals surface area contributed by atoms with Gasteiger partial charge in [0.15, 0.2) is 22.4 Å². The van der Waals surface area contributed by atoms with Crippen molar-refractivity contribution in [1.82, 2.24) is 10.2 Å². The SMILES string of the molecule is COc1cc([N+](=O)[O-])c(C2NC(=S)N(C)C(C)=C2C(=O)c2ccccc2)cc1O. The van der Waals surface area contributed by atoms with Gasteiger partial charge in [-0.2, -0.15) is 0 Å². The first-order valence-corrected chi connectivity index (χ1v) is 9.07. The van der Waals surface area contributed by atoms with E-state index in [4.69, 9.17) is 17.0 Å². The Hall–Kier alpha value is -3.46. The van der Waals surface area contributed by atoms with Crippen LogP contribution >= 0.6 is 12.2 Å². The average molecular weight is 413 g/mol. The van der Waals surface area contributed by atoms with Crippen molar-refractivity contribution in [2.24, 2.45) is 0 Å². The number of ketones is 1. The fraction of sp³-hybridized carbons (Fsp3) is 0.200. The maximum Gasteiger partial charge on any atom is 0.279 e. The molecule has 9 heteroatoms. The number of carbonyl (C=O) groups is 1. The summed E-state index contributed by atoms with van der Waals surface area (Å²) in [6.07, 6.45) is 0. The molecule has 2 aromatic rings. The van der Waals surface area contributed by atoms with Crippen molar-refractivity contribution in [1.29, 1.82) is 0 Å². The minimum atomic E-state index is -0.913. The number of benzene rings is 2. The Morgan fingerprint density at radius 3 is 2.55 bits per heavy atom. The van der Waals surface area contributed by atoms with Gasteiger partial charge in [-0.1, -0.05) is 30.3 Å². The highest BCUT2D eigenvalue weighted by molar-refractivity contribution is 7.80. The van der Waals surface area contributed by atoms with Crippen molar-refractivity contribution in [2.75, 3.05) is 14.2 Å². The van der Waals surface area contributed by atoms with E-state index in [1.165, 1.54) is 13.2 Å². The molecule has 1 aliphatic rings. The summed E-state index contributed by atoms with van der Waals surface area (Å²) in [5.41, 5.74) is 1.13. The Bertz CT molecular complexity index is 1040. The van der Waals surface area contributed by atoms with Gasteiger partial charge in [-0.05, 0) is 25.2 Å². The van der Waals surface area contributed by atoms with Crippen LogP contribution in [0.5, 0.6) is 11.5 Å². The molecule has 2 N–H and O–H groups in total. The number of Topliss-reactive ketones (excluding diaryl/α,β-unsaturated/α-hetero) is 1. The van der Waals surface area contributed by atoms with E-state index in [1.807, 2.05) is 0 Å². The van der Waals surface area contributed by atoms with E-state index in [1.54, 1.807) is 49.2 Å². The van der Waals surface area contributed by atoms with Crippen LogP contribution in [0.25, 0.3) is 0 Å². The molecule has 0 saturated heterocycles. The third-order valence-corrected chi connectivity index (χ3v) is 5.26. The predicted molar refractivity (Wildman–Crippen MR) is 111 cm³/mol. The lowest BCUT2D eigenvalue weighted by molar-refractivity contribution is -0.385. The molecule has 29 heavy (non-hydrogen) atoms. The normalized spacial score (nSPS) is 16.4. The number of nitrogens with zero attached hydrogens (tertiary/aromatic N) is 2. The van der Waals surface area contributed by atoms with Crippen molar-refractivity contribution in [3.05, 3.63) is 75.0 Å². The molecule has 0 amide bonds. The molecule has 1 atom stereocenters. The number of rotatable bonds is 5. The number of nitro groups is 1. The summed E-state index contributed by atoms with van der Waals surface area (Å²) in [4.78, 5) is 26.1. The highest BCUT2D eigenvalue weighted by Gasteiger charge is 2.37. The summed E-state index contributed by atoms with van der Waals surface area (Å²) in [5, 5.41) is 25.3. The summed E-state index contributed by atoms with van der Waals surface area (Å²) in [6.45, 7) is 1.73. The van der Waals surface area contributed by atoms with E-state index < -0.39 is 11.0 Å². The predicted octanol–water partition coefficient (Wildman–Crippen LogP) is 3.33. The standard InChI is InChI=1S/C20H19N3O5S/c1-11-17(19(25)12-7-5-4-6-8-12)18(21-20(29)22(11)2)13-9-15(24)16(28-3)10-14(13)23(26)27/h4-10,18,24H,1-3H3,(H,21,29). The number of thiocarbonyl (C=S) groups is 1. The number of nitrogens with one attached hydrogen (secondary N) is 1.